The first kappa shape index (κ1) is 15.0. The summed E-state index contributed by atoms with van der Waals surface area (Å²) < 4.78 is 0. The molecule has 0 heterocycles. The van der Waals surface area contributed by atoms with Gasteiger partial charge in [-0.15, -0.1) is 0 Å². The molecule has 0 aromatic carbocycles. The van der Waals surface area contributed by atoms with Crippen LogP contribution in [0.15, 0.2) is 0 Å². The predicted octanol–water partition coefficient (Wildman–Crippen LogP) is 2.38. The lowest BCUT2D eigenvalue weighted by molar-refractivity contribution is -0.149. The summed E-state index contributed by atoms with van der Waals surface area (Å²) in [7, 11) is 1.80. The van der Waals surface area contributed by atoms with Gasteiger partial charge in [-0.25, -0.2) is 0 Å². The number of carbonyl (C=O) groups is 2. The van der Waals surface area contributed by atoms with Gasteiger partial charge in [-0.1, -0.05) is 20.3 Å². The summed E-state index contributed by atoms with van der Waals surface area (Å²) >= 11 is 0. The molecule has 4 unspecified atom stereocenters. The van der Waals surface area contributed by atoms with Crippen molar-refractivity contribution in [3.8, 4) is 0 Å². The number of carboxylic acids is 1. The van der Waals surface area contributed by atoms with Crippen molar-refractivity contribution in [3.05, 3.63) is 0 Å². The molecule has 0 aromatic rings. The Labute approximate surface area is 109 Å². The number of amides is 1. The molecule has 1 aliphatic carbocycles. The Morgan fingerprint density at radius 1 is 1.33 bits per heavy atom. The highest BCUT2D eigenvalue weighted by atomic mass is 16.4. The molecule has 1 saturated carbocycles. The van der Waals surface area contributed by atoms with E-state index in [9.17, 15) is 14.7 Å². The van der Waals surface area contributed by atoms with E-state index < -0.39 is 11.9 Å². The maximum Gasteiger partial charge on any atom is 0.307 e. The van der Waals surface area contributed by atoms with Crippen LogP contribution in [0.5, 0.6) is 0 Å². The van der Waals surface area contributed by atoms with Crippen LogP contribution in [0.2, 0.25) is 0 Å². The normalized spacial score (nSPS) is 29.0. The molecule has 4 atom stereocenters. The van der Waals surface area contributed by atoms with Crippen molar-refractivity contribution in [1.82, 2.24) is 4.90 Å². The summed E-state index contributed by atoms with van der Waals surface area (Å²) in [5, 5.41) is 9.20. The quantitative estimate of drug-likeness (QED) is 0.820. The Kier molecular flexibility index (Phi) is 5.17. The van der Waals surface area contributed by atoms with Gasteiger partial charge in [0.25, 0.3) is 0 Å². The van der Waals surface area contributed by atoms with E-state index in [1.807, 2.05) is 13.8 Å². The van der Waals surface area contributed by atoms with Gasteiger partial charge in [0, 0.05) is 13.1 Å². The van der Waals surface area contributed by atoms with E-state index in [1.54, 1.807) is 11.9 Å². The van der Waals surface area contributed by atoms with Crippen molar-refractivity contribution in [2.45, 2.75) is 52.5 Å². The van der Waals surface area contributed by atoms with Crippen LogP contribution >= 0.6 is 0 Å². The van der Waals surface area contributed by atoms with Crippen LogP contribution in [0.3, 0.4) is 0 Å². The summed E-state index contributed by atoms with van der Waals surface area (Å²) in [4.78, 5) is 25.3. The smallest absolute Gasteiger partial charge is 0.307 e. The number of hydrogen-bond acceptors (Lipinski definition) is 2. The summed E-state index contributed by atoms with van der Waals surface area (Å²) in [6.07, 6.45) is 3.32. The SMILES string of the molecule is CCCC(C)N(C)C(=O)C1CC(C)CC1C(=O)O. The van der Waals surface area contributed by atoms with Crippen LogP contribution in [0, 0.1) is 17.8 Å². The molecule has 1 fully saturated rings. The summed E-state index contributed by atoms with van der Waals surface area (Å²) in [5.74, 6) is -1.32. The molecule has 0 radical (unpaired) electrons. The zero-order chi connectivity index (χ0) is 13.9. The van der Waals surface area contributed by atoms with Gasteiger partial charge >= 0.3 is 5.97 Å². The van der Waals surface area contributed by atoms with Crippen LogP contribution < -0.4 is 0 Å². The zero-order valence-corrected chi connectivity index (χ0v) is 11.8. The van der Waals surface area contributed by atoms with Crippen LogP contribution in [0.4, 0.5) is 0 Å². The summed E-state index contributed by atoms with van der Waals surface area (Å²) in [6, 6.07) is 0.188. The molecular formula is C14H25NO3. The largest absolute Gasteiger partial charge is 0.481 e. The van der Waals surface area contributed by atoms with Crippen LogP contribution in [0.1, 0.15) is 46.5 Å². The Morgan fingerprint density at radius 2 is 1.89 bits per heavy atom. The maximum absolute atomic E-state index is 12.4. The summed E-state index contributed by atoms with van der Waals surface area (Å²) in [6.45, 7) is 6.14. The highest BCUT2D eigenvalue weighted by Gasteiger charge is 2.42. The molecule has 18 heavy (non-hydrogen) atoms. The Bertz CT molecular complexity index is 316. The number of carbonyl (C=O) groups excluding carboxylic acids is 1. The van der Waals surface area contributed by atoms with Crippen LogP contribution in [-0.4, -0.2) is 35.0 Å². The van der Waals surface area contributed by atoms with Crippen molar-refractivity contribution in [3.63, 3.8) is 0 Å². The van der Waals surface area contributed by atoms with E-state index in [2.05, 4.69) is 6.92 Å². The number of carboxylic acid groups (broad SMARTS) is 1. The van der Waals surface area contributed by atoms with Crippen molar-refractivity contribution in [2.24, 2.45) is 17.8 Å². The molecule has 4 nitrogen and oxygen atoms in total. The minimum atomic E-state index is -0.825. The van der Waals surface area contributed by atoms with Gasteiger partial charge in [0.1, 0.15) is 0 Å². The lowest BCUT2D eigenvalue weighted by Crippen LogP contribution is -2.41. The third kappa shape index (κ3) is 3.24. The summed E-state index contributed by atoms with van der Waals surface area (Å²) in [5.41, 5.74) is 0. The molecule has 0 aliphatic heterocycles. The van der Waals surface area contributed by atoms with Gasteiger partial charge < -0.3 is 10.0 Å². The van der Waals surface area contributed by atoms with E-state index in [-0.39, 0.29) is 17.9 Å². The Balaban J connectivity index is 2.73. The highest BCUT2D eigenvalue weighted by Crippen LogP contribution is 2.37. The predicted molar refractivity (Wildman–Crippen MR) is 70.2 cm³/mol. The van der Waals surface area contributed by atoms with Crippen molar-refractivity contribution < 1.29 is 14.7 Å². The van der Waals surface area contributed by atoms with Crippen molar-refractivity contribution in [2.75, 3.05) is 7.05 Å². The maximum atomic E-state index is 12.4. The Morgan fingerprint density at radius 3 is 2.39 bits per heavy atom. The fourth-order valence-corrected chi connectivity index (χ4v) is 2.93. The van der Waals surface area contributed by atoms with Crippen molar-refractivity contribution in [1.29, 1.82) is 0 Å². The molecule has 104 valence electrons. The van der Waals surface area contributed by atoms with Gasteiger partial charge in [0.05, 0.1) is 11.8 Å². The second-order valence-corrected chi connectivity index (χ2v) is 5.71. The molecule has 1 amide bonds. The van der Waals surface area contributed by atoms with E-state index >= 15 is 0 Å². The topological polar surface area (TPSA) is 57.6 Å². The van der Waals surface area contributed by atoms with Gasteiger partial charge in [0.2, 0.25) is 5.91 Å². The van der Waals surface area contributed by atoms with E-state index in [1.165, 1.54) is 0 Å². The fraction of sp³-hybridized carbons (Fsp3) is 0.857. The standard InChI is InChI=1S/C14H25NO3/c1-5-6-10(3)15(4)13(16)11-7-9(2)8-12(11)14(17)18/h9-12H,5-8H2,1-4H3,(H,17,18). The third-order valence-corrected chi connectivity index (χ3v) is 4.15. The molecule has 1 aliphatic rings. The first-order chi connectivity index (χ1) is 8.38. The minimum absolute atomic E-state index is 0.00713. The van der Waals surface area contributed by atoms with Crippen LogP contribution in [0.25, 0.3) is 0 Å². The van der Waals surface area contributed by atoms with E-state index in [4.69, 9.17) is 0 Å². The molecule has 0 spiro atoms. The van der Waals surface area contributed by atoms with Gasteiger partial charge in [0.15, 0.2) is 0 Å². The molecular weight excluding hydrogens is 230 g/mol. The van der Waals surface area contributed by atoms with E-state index in [0.717, 1.165) is 12.8 Å². The van der Waals surface area contributed by atoms with Gasteiger partial charge in [-0.05, 0) is 32.1 Å². The Hall–Kier alpha value is -1.06. The van der Waals surface area contributed by atoms with E-state index in [0.29, 0.717) is 18.8 Å². The highest BCUT2D eigenvalue weighted by molar-refractivity contribution is 5.85. The number of rotatable bonds is 5. The second-order valence-electron chi connectivity index (χ2n) is 5.71. The molecule has 1 N–H and O–H groups in total. The number of nitrogens with zero attached hydrogens (tertiary/aromatic N) is 1. The molecule has 4 heteroatoms. The monoisotopic (exact) mass is 255 g/mol. The first-order valence-electron chi connectivity index (χ1n) is 6.87. The average molecular weight is 255 g/mol. The first-order valence-corrected chi connectivity index (χ1v) is 6.87. The molecule has 0 bridgehead atoms. The average Bonchev–Trinajstić information content (AvgIpc) is 2.69. The van der Waals surface area contributed by atoms with Crippen molar-refractivity contribution >= 4 is 11.9 Å². The third-order valence-electron chi connectivity index (χ3n) is 4.15. The van der Waals surface area contributed by atoms with Crippen LogP contribution in [-0.2, 0) is 9.59 Å². The minimum Gasteiger partial charge on any atom is -0.481 e. The lowest BCUT2D eigenvalue weighted by atomic mass is 9.94. The molecule has 1 rings (SSSR count). The van der Waals surface area contributed by atoms with Gasteiger partial charge in [-0.3, -0.25) is 9.59 Å². The zero-order valence-electron chi connectivity index (χ0n) is 11.8. The second kappa shape index (κ2) is 6.21. The number of aliphatic carboxylic acids is 1. The molecule has 0 saturated heterocycles. The van der Waals surface area contributed by atoms with Gasteiger partial charge in [-0.2, -0.15) is 0 Å². The fourth-order valence-electron chi connectivity index (χ4n) is 2.93. The molecule has 0 aromatic heterocycles. The lowest BCUT2D eigenvalue weighted by Gasteiger charge is -2.28. The number of hydrogen-bond donors (Lipinski definition) is 1.